The number of nitrogens with zero attached hydrogens (tertiary/aromatic N) is 2. The van der Waals surface area contributed by atoms with Crippen molar-refractivity contribution in [3.05, 3.63) is 0 Å². The average Bonchev–Trinajstić information content (AvgIpc) is 1.87. The van der Waals surface area contributed by atoms with E-state index in [2.05, 4.69) is 34.5 Å². The van der Waals surface area contributed by atoms with Crippen molar-refractivity contribution < 1.29 is 68.3 Å². The average molecular weight is 340 g/mol. The summed E-state index contributed by atoms with van der Waals surface area (Å²) in [5, 5.41) is 6.19. The molecule has 0 rings (SSSR count). The molecule has 0 atom stereocenters. The third kappa shape index (κ3) is 14.0. The smallest absolute Gasteiger partial charge is 0.0523 e. The number of rotatable bonds is 6. The van der Waals surface area contributed by atoms with Crippen LogP contribution in [0, 0.1) is 0 Å². The van der Waals surface area contributed by atoms with E-state index >= 15 is 0 Å². The van der Waals surface area contributed by atoms with E-state index < -0.39 is 0 Å². The monoisotopic (exact) mass is 340 g/mol. The minimum absolute atomic E-state index is 0. The van der Waals surface area contributed by atoms with Crippen molar-refractivity contribution in [1.82, 2.24) is 20.4 Å². The van der Waals surface area contributed by atoms with E-state index in [1.54, 1.807) is 0 Å². The Labute approximate surface area is 135 Å². The van der Waals surface area contributed by atoms with Crippen LogP contribution in [-0.4, -0.2) is 58.0 Å². The predicted octanol–water partition coefficient (Wildman–Crippen LogP) is -0.619. The first-order valence-corrected chi connectivity index (χ1v) is 3.87. The summed E-state index contributed by atoms with van der Waals surface area (Å²) in [6.45, 7) is 2.82. The molecule has 0 aliphatic carbocycles. The van der Waals surface area contributed by atoms with Gasteiger partial charge in [-0.3, -0.25) is 9.80 Å². The van der Waals surface area contributed by atoms with Gasteiger partial charge in [0.2, 0.25) is 0 Å². The molecule has 0 aromatic carbocycles. The molecule has 0 spiro atoms. The summed E-state index contributed by atoms with van der Waals surface area (Å²) in [7, 11) is 8.08. The van der Waals surface area contributed by atoms with Crippen LogP contribution in [0.2, 0.25) is 0 Å². The van der Waals surface area contributed by atoms with Gasteiger partial charge in [-0.2, -0.15) is 0 Å². The third-order valence-corrected chi connectivity index (χ3v) is 1.34. The second-order valence-corrected chi connectivity index (χ2v) is 2.88. The first kappa shape index (κ1) is 20.5. The van der Waals surface area contributed by atoms with Crippen LogP contribution in [0.5, 0.6) is 0 Å². The topological polar surface area (TPSA) is 30.5 Å². The van der Waals surface area contributed by atoms with Crippen molar-refractivity contribution in [2.24, 2.45) is 0 Å². The molecule has 4 nitrogen and oxygen atoms in total. The molecule has 0 amide bonds. The number of nitrogens with one attached hydrogen (secondary N) is 2. The van der Waals surface area contributed by atoms with Gasteiger partial charge in [0.15, 0.2) is 0 Å². The van der Waals surface area contributed by atoms with Crippen LogP contribution in [0.3, 0.4) is 0 Å². The molecule has 0 bridgehead atoms. The summed E-state index contributed by atoms with van der Waals surface area (Å²) in [4.78, 5) is 4.41. The molecule has 13 heavy (non-hydrogen) atoms. The largest absolute Gasteiger partial charge is 1.00 e. The van der Waals surface area contributed by atoms with Gasteiger partial charge < -0.3 is 13.5 Å². The van der Waals surface area contributed by atoms with Gasteiger partial charge in [0, 0.05) is 78.8 Å². The summed E-state index contributed by atoms with van der Waals surface area (Å²) in [5.74, 6) is 0. The summed E-state index contributed by atoms with van der Waals surface area (Å²) < 4.78 is 0. The summed E-state index contributed by atoms with van der Waals surface area (Å²) >= 11 is 0. The molecule has 2 radical (unpaired) electrons. The molecule has 0 aliphatic heterocycles. The van der Waals surface area contributed by atoms with Crippen molar-refractivity contribution in [1.29, 1.82) is 0 Å². The van der Waals surface area contributed by atoms with E-state index in [1.807, 2.05) is 14.1 Å². The van der Waals surface area contributed by atoms with E-state index in [0.717, 1.165) is 20.0 Å². The predicted molar refractivity (Wildman–Crippen MR) is 50.5 cm³/mol. The number of hydrogen-bond donors (Lipinski definition) is 2. The Bertz CT molecular complexity index is 93.1. The van der Waals surface area contributed by atoms with E-state index in [4.69, 9.17) is 0 Å². The Kier molecular flexibility index (Phi) is 22.1. The molecule has 0 unspecified atom stereocenters. The molecular formula is C7H22N4Y2-2. The van der Waals surface area contributed by atoms with E-state index in [-0.39, 0.29) is 68.3 Å². The van der Waals surface area contributed by atoms with Gasteiger partial charge in [-0.15, -0.1) is 0 Å². The Hall–Kier alpha value is 2.05. The second kappa shape index (κ2) is 14.0. The molecule has 0 fully saturated rings. The Morgan fingerprint density at radius 3 is 1.46 bits per heavy atom. The quantitative estimate of drug-likeness (QED) is 0.632. The van der Waals surface area contributed by atoms with Gasteiger partial charge >= 0.3 is 0 Å². The zero-order valence-electron chi connectivity index (χ0n) is 11.2. The fourth-order valence-electron chi connectivity index (χ4n) is 1.05. The summed E-state index contributed by atoms with van der Waals surface area (Å²) in [6, 6.07) is 0. The van der Waals surface area contributed by atoms with Gasteiger partial charge in [-0.05, 0) is 28.2 Å². The molecule has 6 heteroatoms. The Balaban J connectivity index is -0.0000000833. The normalized spacial score (nSPS) is 9.69. The van der Waals surface area contributed by atoms with Crippen LogP contribution in [0.25, 0.3) is 0 Å². The standard InChI is InChI=1S/C7H20N4.2Y.2H/c1-8-5-10(3)7-11(4)6-9-2;;;;/h8-9H,5-7H2,1-4H3;;;;/q;;;2*-1. The van der Waals surface area contributed by atoms with E-state index in [0.29, 0.717) is 0 Å². The SMILES string of the molecule is CNCN(C)CN(C)CNC.[H-].[H-].[Y].[Y]. The molecule has 2 N–H and O–H groups in total. The van der Waals surface area contributed by atoms with Crippen LogP contribution in [0.15, 0.2) is 0 Å². The molecule has 78 valence electrons. The fraction of sp³-hybridized carbons (Fsp3) is 1.00. The van der Waals surface area contributed by atoms with Gasteiger partial charge in [-0.25, -0.2) is 0 Å². The van der Waals surface area contributed by atoms with Gasteiger partial charge in [0.25, 0.3) is 0 Å². The van der Waals surface area contributed by atoms with Crippen molar-refractivity contribution in [3.63, 3.8) is 0 Å². The summed E-state index contributed by atoms with van der Waals surface area (Å²) in [6.07, 6.45) is 0. The first-order chi connectivity index (χ1) is 5.20. The van der Waals surface area contributed by atoms with Crippen LogP contribution >= 0.6 is 0 Å². The fourth-order valence-corrected chi connectivity index (χ4v) is 1.05. The minimum atomic E-state index is 0. The van der Waals surface area contributed by atoms with Crippen molar-refractivity contribution in [2.75, 3.05) is 48.2 Å². The maximum atomic E-state index is 3.09. The molecule has 0 aromatic heterocycles. The van der Waals surface area contributed by atoms with Crippen LogP contribution < -0.4 is 10.6 Å². The molecule has 0 aliphatic rings. The molecule has 0 saturated carbocycles. The van der Waals surface area contributed by atoms with Crippen LogP contribution in [0.4, 0.5) is 0 Å². The molecule has 0 saturated heterocycles. The minimum Gasteiger partial charge on any atom is -1.00 e. The van der Waals surface area contributed by atoms with Crippen LogP contribution in [0.1, 0.15) is 2.85 Å². The van der Waals surface area contributed by atoms with Crippen LogP contribution in [-0.2, 0) is 65.4 Å². The summed E-state index contributed by atoms with van der Waals surface area (Å²) in [5.41, 5.74) is 0. The maximum Gasteiger partial charge on any atom is 0.0523 e. The second-order valence-electron chi connectivity index (χ2n) is 2.88. The van der Waals surface area contributed by atoms with E-state index in [9.17, 15) is 0 Å². The molecule has 0 heterocycles. The molecular weight excluding hydrogens is 318 g/mol. The Morgan fingerprint density at radius 2 is 1.23 bits per heavy atom. The number of hydrogen-bond acceptors (Lipinski definition) is 4. The van der Waals surface area contributed by atoms with Gasteiger partial charge in [-0.1, -0.05) is 0 Å². The van der Waals surface area contributed by atoms with Crippen molar-refractivity contribution >= 4 is 0 Å². The van der Waals surface area contributed by atoms with Gasteiger partial charge in [0.05, 0.1) is 6.67 Å². The first-order valence-electron chi connectivity index (χ1n) is 3.87. The zero-order chi connectivity index (χ0) is 8.69. The van der Waals surface area contributed by atoms with E-state index in [1.165, 1.54) is 0 Å². The maximum absolute atomic E-state index is 3.09. The third-order valence-electron chi connectivity index (χ3n) is 1.34. The Morgan fingerprint density at radius 1 is 0.923 bits per heavy atom. The van der Waals surface area contributed by atoms with Crippen molar-refractivity contribution in [2.45, 2.75) is 0 Å². The van der Waals surface area contributed by atoms with Crippen molar-refractivity contribution in [3.8, 4) is 0 Å². The molecule has 0 aromatic rings. The van der Waals surface area contributed by atoms with Gasteiger partial charge in [0.1, 0.15) is 0 Å². The zero-order valence-corrected chi connectivity index (χ0v) is 14.8.